The molecule has 60 valence electrons. The molecule has 0 spiro atoms. The molecule has 0 saturated heterocycles. The zero-order valence-corrected chi connectivity index (χ0v) is 6.99. The van der Waals surface area contributed by atoms with Crippen molar-refractivity contribution in [1.82, 2.24) is 4.98 Å². The van der Waals surface area contributed by atoms with Gasteiger partial charge >= 0.3 is 0 Å². The quantitative estimate of drug-likeness (QED) is 0.610. The van der Waals surface area contributed by atoms with Gasteiger partial charge in [0.25, 0.3) is 0 Å². The predicted molar refractivity (Wildman–Crippen MR) is 47.1 cm³/mol. The Bertz CT molecular complexity index is 362. The lowest BCUT2D eigenvalue weighted by Crippen LogP contribution is -2.26. The van der Waals surface area contributed by atoms with Crippen LogP contribution in [0.5, 0.6) is 0 Å². The van der Waals surface area contributed by atoms with Gasteiger partial charge < -0.3 is 0 Å². The molecule has 12 heavy (non-hydrogen) atoms. The number of imidazole rings is 1. The van der Waals surface area contributed by atoms with Crippen LogP contribution in [0.25, 0.3) is 5.69 Å². The first-order chi connectivity index (χ1) is 5.86. The average Bonchev–Trinajstić information content (AvgIpc) is 2.54. The summed E-state index contributed by atoms with van der Waals surface area (Å²) in [6.07, 6.45) is 4.01. The highest BCUT2D eigenvalue weighted by Crippen LogP contribution is 1.97. The van der Waals surface area contributed by atoms with Crippen molar-refractivity contribution in [2.45, 2.75) is 6.92 Å². The third-order valence-electron chi connectivity index (χ3n) is 1.82. The molecule has 0 aliphatic carbocycles. The molecule has 2 aromatic rings. The lowest BCUT2D eigenvalue weighted by Gasteiger charge is -1.91. The number of aromatic nitrogens is 2. The largest absolute Gasteiger partial charge is 0.247 e. The molecule has 0 saturated carbocycles. The maximum Gasteiger partial charge on any atom is 0.246 e. The van der Waals surface area contributed by atoms with Crippen LogP contribution < -0.4 is 4.57 Å². The minimum atomic E-state index is 1.17. The van der Waals surface area contributed by atoms with Gasteiger partial charge in [0, 0.05) is 6.92 Å². The summed E-state index contributed by atoms with van der Waals surface area (Å²) in [5, 5.41) is 0. The Morgan fingerprint density at radius 1 is 1.17 bits per heavy atom. The van der Waals surface area contributed by atoms with E-state index < -0.39 is 0 Å². The molecule has 0 bridgehead atoms. The number of rotatable bonds is 1. The Hall–Kier alpha value is -1.57. The standard InChI is InChI=1S/C10H10N2/c1-9-7-12(8-11-9)10-5-3-2-4-6-10/h2-8H,1H3/p+1. The Morgan fingerprint density at radius 2 is 1.92 bits per heavy atom. The maximum atomic E-state index is 3.13. The van der Waals surface area contributed by atoms with Crippen LogP contribution in [-0.4, -0.2) is 4.98 Å². The number of hydrogen-bond acceptors (Lipinski definition) is 0. The van der Waals surface area contributed by atoms with Crippen molar-refractivity contribution >= 4 is 0 Å². The minimum absolute atomic E-state index is 1.17. The molecule has 0 unspecified atom stereocenters. The topological polar surface area (TPSA) is 19.7 Å². The van der Waals surface area contributed by atoms with Gasteiger partial charge in [-0.15, -0.1) is 0 Å². The zero-order chi connectivity index (χ0) is 8.39. The summed E-state index contributed by atoms with van der Waals surface area (Å²) < 4.78 is 2.06. The Kier molecular flexibility index (Phi) is 1.67. The van der Waals surface area contributed by atoms with Gasteiger partial charge in [0.1, 0.15) is 17.6 Å². The minimum Gasteiger partial charge on any atom is -0.247 e. The molecule has 1 heterocycles. The second kappa shape index (κ2) is 2.81. The van der Waals surface area contributed by atoms with Gasteiger partial charge in [0.05, 0.1) is 0 Å². The van der Waals surface area contributed by atoms with Crippen molar-refractivity contribution in [1.29, 1.82) is 0 Å². The molecule has 0 amide bonds. The zero-order valence-electron chi connectivity index (χ0n) is 6.99. The van der Waals surface area contributed by atoms with Crippen LogP contribution >= 0.6 is 0 Å². The van der Waals surface area contributed by atoms with Gasteiger partial charge in [-0.2, -0.15) is 0 Å². The molecule has 2 nitrogen and oxygen atoms in total. The van der Waals surface area contributed by atoms with Crippen LogP contribution in [0.2, 0.25) is 0 Å². The number of aromatic amines is 1. The second-order valence-electron chi connectivity index (χ2n) is 2.83. The Labute approximate surface area is 71.5 Å². The highest BCUT2D eigenvalue weighted by atomic mass is 15.0. The molecule has 1 N–H and O–H groups in total. The number of aryl methyl sites for hydroxylation is 1. The van der Waals surface area contributed by atoms with Crippen molar-refractivity contribution in [2.75, 3.05) is 0 Å². The molecule has 1 aromatic heterocycles. The fourth-order valence-corrected chi connectivity index (χ4v) is 1.20. The molecule has 0 aliphatic rings. The lowest BCUT2D eigenvalue weighted by atomic mass is 10.3. The van der Waals surface area contributed by atoms with E-state index in [9.17, 15) is 0 Å². The molecule has 0 fully saturated rings. The highest BCUT2D eigenvalue weighted by Gasteiger charge is 2.01. The summed E-state index contributed by atoms with van der Waals surface area (Å²) in [4.78, 5) is 3.13. The summed E-state index contributed by atoms with van der Waals surface area (Å²) in [5.41, 5.74) is 2.35. The second-order valence-corrected chi connectivity index (χ2v) is 2.83. The van der Waals surface area contributed by atoms with Crippen molar-refractivity contribution in [3.8, 4) is 5.69 Å². The summed E-state index contributed by atoms with van der Waals surface area (Å²) in [6.45, 7) is 2.04. The molecule has 0 aliphatic heterocycles. The number of hydrogen-bond donors (Lipinski definition) is 1. The number of H-pyrrole nitrogens is 1. The molecule has 0 radical (unpaired) electrons. The number of para-hydroxylation sites is 1. The van der Waals surface area contributed by atoms with E-state index in [1.807, 2.05) is 31.5 Å². The number of nitrogens with zero attached hydrogens (tertiary/aromatic N) is 1. The van der Waals surface area contributed by atoms with Crippen LogP contribution in [0.4, 0.5) is 0 Å². The van der Waals surface area contributed by atoms with E-state index in [4.69, 9.17) is 0 Å². The monoisotopic (exact) mass is 159 g/mol. The van der Waals surface area contributed by atoms with Crippen LogP contribution in [-0.2, 0) is 0 Å². The predicted octanol–water partition coefficient (Wildman–Crippen LogP) is 1.60. The third kappa shape index (κ3) is 1.23. The molecular formula is C10H11N2+. The molecule has 1 aromatic carbocycles. The van der Waals surface area contributed by atoms with E-state index in [0.29, 0.717) is 0 Å². The van der Waals surface area contributed by atoms with Gasteiger partial charge in [0.2, 0.25) is 6.33 Å². The van der Waals surface area contributed by atoms with Crippen LogP contribution in [0, 0.1) is 6.92 Å². The Morgan fingerprint density at radius 3 is 2.50 bits per heavy atom. The van der Waals surface area contributed by atoms with E-state index in [1.54, 1.807) is 0 Å². The van der Waals surface area contributed by atoms with Gasteiger partial charge in [-0.3, -0.25) is 0 Å². The summed E-state index contributed by atoms with van der Waals surface area (Å²) in [5.74, 6) is 0. The summed E-state index contributed by atoms with van der Waals surface area (Å²) >= 11 is 0. The first-order valence-corrected chi connectivity index (χ1v) is 3.98. The molecule has 0 atom stereocenters. The van der Waals surface area contributed by atoms with E-state index in [-0.39, 0.29) is 0 Å². The lowest BCUT2D eigenvalue weighted by molar-refractivity contribution is -0.594. The molecule has 2 heteroatoms. The fourth-order valence-electron chi connectivity index (χ4n) is 1.20. The van der Waals surface area contributed by atoms with Gasteiger partial charge in [-0.1, -0.05) is 18.2 Å². The maximum absolute atomic E-state index is 3.13. The number of benzene rings is 1. The first kappa shape index (κ1) is 7.10. The van der Waals surface area contributed by atoms with Gasteiger partial charge in [-0.25, -0.2) is 9.55 Å². The van der Waals surface area contributed by atoms with Gasteiger partial charge in [-0.05, 0) is 12.1 Å². The normalized spacial score (nSPS) is 10.1. The molecule has 2 rings (SSSR count). The van der Waals surface area contributed by atoms with E-state index in [0.717, 1.165) is 0 Å². The van der Waals surface area contributed by atoms with Crippen LogP contribution in [0.3, 0.4) is 0 Å². The van der Waals surface area contributed by atoms with E-state index >= 15 is 0 Å². The average molecular weight is 159 g/mol. The first-order valence-electron chi connectivity index (χ1n) is 3.98. The van der Waals surface area contributed by atoms with Crippen molar-refractivity contribution < 1.29 is 4.57 Å². The van der Waals surface area contributed by atoms with Crippen molar-refractivity contribution in [3.63, 3.8) is 0 Å². The highest BCUT2D eigenvalue weighted by molar-refractivity contribution is 5.21. The number of nitrogens with one attached hydrogen (secondary N) is 1. The SMILES string of the molecule is Cc1c[n+](-c2ccccc2)c[nH]1. The summed E-state index contributed by atoms with van der Waals surface area (Å²) in [7, 11) is 0. The van der Waals surface area contributed by atoms with Crippen molar-refractivity contribution in [2.24, 2.45) is 0 Å². The van der Waals surface area contributed by atoms with E-state index in [1.165, 1.54) is 11.4 Å². The Balaban J connectivity index is 2.45. The summed E-state index contributed by atoms with van der Waals surface area (Å²) in [6, 6.07) is 10.2. The van der Waals surface area contributed by atoms with Crippen LogP contribution in [0.1, 0.15) is 5.69 Å². The smallest absolute Gasteiger partial charge is 0.246 e. The third-order valence-corrected chi connectivity index (χ3v) is 1.82. The van der Waals surface area contributed by atoms with Crippen molar-refractivity contribution in [3.05, 3.63) is 48.5 Å². The fraction of sp³-hybridized carbons (Fsp3) is 0.100. The van der Waals surface area contributed by atoms with Crippen LogP contribution in [0.15, 0.2) is 42.9 Å². The van der Waals surface area contributed by atoms with Gasteiger partial charge in [0.15, 0.2) is 0 Å². The van der Waals surface area contributed by atoms with E-state index in [2.05, 4.69) is 27.9 Å². The molecular weight excluding hydrogens is 148 g/mol.